The summed E-state index contributed by atoms with van der Waals surface area (Å²) >= 11 is 0. The number of aromatic amines is 1. The number of phenols is 1. The molecule has 0 spiro atoms. The normalized spacial score (nSPS) is 10.7. The Morgan fingerprint density at radius 3 is 2.60 bits per heavy atom. The minimum Gasteiger partial charge on any atom is -0.507 e. The summed E-state index contributed by atoms with van der Waals surface area (Å²) in [5, 5.41) is 17.1. The van der Waals surface area contributed by atoms with Gasteiger partial charge in [-0.2, -0.15) is 5.10 Å². The number of benzene rings is 1. The van der Waals surface area contributed by atoms with Gasteiger partial charge < -0.3 is 5.11 Å². The molecular formula is C15H14N4O. The molecule has 0 aliphatic rings. The summed E-state index contributed by atoms with van der Waals surface area (Å²) < 4.78 is 0. The van der Waals surface area contributed by atoms with Crippen LogP contribution in [-0.4, -0.2) is 25.3 Å². The van der Waals surface area contributed by atoms with E-state index in [0.717, 1.165) is 22.6 Å². The van der Waals surface area contributed by atoms with E-state index in [1.54, 1.807) is 24.4 Å². The van der Waals surface area contributed by atoms with E-state index in [-0.39, 0.29) is 5.75 Å². The van der Waals surface area contributed by atoms with Crippen LogP contribution in [-0.2, 0) is 0 Å². The van der Waals surface area contributed by atoms with Crippen molar-refractivity contribution < 1.29 is 5.11 Å². The smallest absolute Gasteiger partial charge is 0.163 e. The van der Waals surface area contributed by atoms with E-state index in [2.05, 4.69) is 20.2 Å². The Kier molecular flexibility index (Phi) is 2.95. The third-order valence-electron chi connectivity index (χ3n) is 3.30. The van der Waals surface area contributed by atoms with Crippen molar-refractivity contribution in [1.82, 2.24) is 20.2 Å². The minimum atomic E-state index is 0.166. The number of nitrogens with zero attached hydrogens (tertiary/aromatic N) is 3. The maximum absolute atomic E-state index is 9.88. The number of aromatic nitrogens is 4. The number of nitrogens with one attached hydrogen (secondary N) is 1. The van der Waals surface area contributed by atoms with Gasteiger partial charge in [0.25, 0.3) is 0 Å². The first-order valence-corrected chi connectivity index (χ1v) is 6.30. The second kappa shape index (κ2) is 4.77. The van der Waals surface area contributed by atoms with E-state index in [4.69, 9.17) is 0 Å². The molecule has 5 heteroatoms. The lowest BCUT2D eigenvalue weighted by molar-refractivity contribution is 0.477. The first-order chi connectivity index (χ1) is 9.66. The predicted molar refractivity (Wildman–Crippen MR) is 76.2 cm³/mol. The van der Waals surface area contributed by atoms with Gasteiger partial charge in [-0.05, 0) is 37.6 Å². The Morgan fingerprint density at radius 2 is 1.90 bits per heavy atom. The molecule has 0 aliphatic heterocycles. The highest BCUT2D eigenvalue weighted by atomic mass is 16.3. The molecule has 0 saturated carbocycles. The summed E-state index contributed by atoms with van der Waals surface area (Å²) in [6.45, 7) is 3.97. The molecule has 100 valence electrons. The van der Waals surface area contributed by atoms with Crippen LogP contribution in [0.1, 0.15) is 11.3 Å². The average Bonchev–Trinajstić information content (AvgIpc) is 2.80. The lowest BCUT2D eigenvalue weighted by atomic mass is 10.1. The third-order valence-corrected chi connectivity index (χ3v) is 3.30. The SMILES string of the molecule is Cc1[nH]nc(-c2ccnc(-c3ccccc3O)n2)c1C. The zero-order valence-corrected chi connectivity index (χ0v) is 11.3. The van der Waals surface area contributed by atoms with Gasteiger partial charge in [-0.25, -0.2) is 9.97 Å². The van der Waals surface area contributed by atoms with E-state index in [1.165, 1.54) is 0 Å². The number of phenolic OH excluding ortho intramolecular Hbond substituents is 1. The van der Waals surface area contributed by atoms with Gasteiger partial charge in [0, 0.05) is 11.9 Å². The zero-order chi connectivity index (χ0) is 14.1. The molecule has 0 fully saturated rings. The molecule has 3 rings (SSSR count). The molecule has 0 saturated heterocycles. The van der Waals surface area contributed by atoms with Gasteiger partial charge in [0.05, 0.1) is 11.3 Å². The topological polar surface area (TPSA) is 74.7 Å². The Hall–Kier alpha value is -2.69. The molecule has 0 amide bonds. The highest BCUT2D eigenvalue weighted by Crippen LogP contribution is 2.28. The third kappa shape index (κ3) is 2.03. The van der Waals surface area contributed by atoms with Gasteiger partial charge in [-0.1, -0.05) is 12.1 Å². The van der Waals surface area contributed by atoms with Gasteiger partial charge in [0.1, 0.15) is 11.4 Å². The molecule has 1 aromatic carbocycles. The summed E-state index contributed by atoms with van der Waals surface area (Å²) in [5.74, 6) is 0.653. The molecule has 3 aromatic rings. The highest BCUT2D eigenvalue weighted by Gasteiger charge is 2.12. The summed E-state index contributed by atoms with van der Waals surface area (Å²) in [6.07, 6.45) is 1.67. The minimum absolute atomic E-state index is 0.166. The molecular weight excluding hydrogens is 252 g/mol. The van der Waals surface area contributed by atoms with Crippen molar-refractivity contribution in [3.8, 4) is 28.5 Å². The van der Waals surface area contributed by atoms with Crippen LogP contribution in [0.4, 0.5) is 0 Å². The fourth-order valence-electron chi connectivity index (χ4n) is 2.02. The Bertz CT molecular complexity index is 764. The van der Waals surface area contributed by atoms with Crippen molar-refractivity contribution in [1.29, 1.82) is 0 Å². The van der Waals surface area contributed by atoms with Crippen LogP contribution in [0.3, 0.4) is 0 Å². The van der Waals surface area contributed by atoms with Crippen LogP contribution < -0.4 is 0 Å². The number of hydrogen-bond acceptors (Lipinski definition) is 4. The number of rotatable bonds is 2. The predicted octanol–water partition coefficient (Wildman–Crippen LogP) is 2.86. The van der Waals surface area contributed by atoms with E-state index in [1.807, 2.05) is 26.0 Å². The molecule has 2 N–H and O–H groups in total. The van der Waals surface area contributed by atoms with E-state index in [9.17, 15) is 5.11 Å². The zero-order valence-electron chi connectivity index (χ0n) is 11.3. The molecule has 2 heterocycles. The van der Waals surface area contributed by atoms with E-state index < -0.39 is 0 Å². The van der Waals surface area contributed by atoms with Gasteiger partial charge in [-0.3, -0.25) is 5.10 Å². The van der Waals surface area contributed by atoms with E-state index >= 15 is 0 Å². The number of aryl methyl sites for hydroxylation is 1. The summed E-state index contributed by atoms with van der Waals surface area (Å²) in [4.78, 5) is 8.72. The molecule has 0 unspecified atom stereocenters. The summed E-state index contributed by atoms with van der Waals surface area (Å²) in [6, 6.07) is 8.83. The average molecular weight is 266 g/mol. The first kappa shape index (κ1) is 12.3. The second-order valence-corrected chi connectivity index (χ2v) is 4.60. The highest BCUT2D eigenvalue weighted by molar-refractivity contribution is 5.67. The quantitative estimate of drug-likeness (QED) is 0.748. The molecule has 2 aromatic heterocycles. The van der Waals surface area contributed by atoms with Crippen molar-refractivity contribution >= 4 is 0 Å². The Morgan fingerprint density at radius 1 is 1.10 bits per heavy atom. The van der Waals surface area contributed by atoms with Crippen LogP contribution >= 0.6 is 0 Å². The first-order valence-electron chi connectivity index (χ1n) is 6.30. The molecule has 20 heavy (non-hydrogen) atoms. The second-order valence-electron chi connectivity index (χ2n) is 4.60. The standard InChI is InChI=1S/C15H14N4O/c1-9-10(2)18-19-14(9)12-7-8-16-15(17-12)11-5-3-4-6-13(11)20/h3-8,20H,1-2H3,(H,18,19). The van der Waals surface area contributed by atoms with Gasteiger partial charge in [-0.15, -0.1) is 0 Å². The van der Waals surface area contributed by atoms with Crippen LogP contribution in [0.5, 0.6) is 5.75 Å². The molecule has 0 radical (unpaired) electrons. The van der Waals surface area contributed by atoms with Crippen LogP contribution in [0, 0.1) is 13.8 Å². The van der Waals surface area contributed by atoms with Crippen molar-refractivity contribution in [2.24, 2.45) is 0 Å². The maximum Gasteiger partial charge on any atom is 0.163 e. The van der Waals surface area contributed by atoms with Crippen molar-refractivity contribution in [3.63, 3.8) is 0 Å². The van der Waals surface area contributed by atoms with Crippen LogP contribution in [0.2, 0.25) is 0 Å². The largest absolute Gasteiger partial charge is 0.507 e. The summed E-state index contributed by atoms with van der Waals surface area (Å²) in [7, 11) is 0. The van der Waals surface area contributed by atoms with Gasteiger partial charge >= 0.3 is 0 Å². The number of aromatic hydroxyl groups is 1. The van der Waals surface area contributed by atoms with Crippen molar-refractivity contribution in [2.45, 2.75) is 13.8 Å². The Labute approximate surface area is 116 Å². The van der Waals surface area contributed by atoms with Crippen molar-refractivity contribution in [2.75, 3.05) is 0 Å². The molecule has 5 nitrogen and oxygen atoms in total. The monoisotopic (exact) mass is 266 g/mol. The van der Waals surface area contributed by atoms with Crippen LogP contribution in [0.15, 0.2) is 36.5 Å². The maximum atomic E-state index is 9.88. The van der Waals surface area contributed by atoms with E-state index in [0.29, 0.717) is 11.4 Å². The fourth-order valence-corrected chi connectivity index (χ4v) is 2.02. The van der Waals surface area contributed by atoms with Crippen LogP contribution in [0.25, 0.3) is 22.8 Å². The number of H-pyrrole nitrogens is 1. The lowest BCUT2D eigenvalue weighted by Crippen LogP contribution is -1.93. The fraction of sp³-hybridized carbons (Fsp3) is 0.133. The Balaban J connectivity index is 2.11. The number of hydrogen-bond donors (Lipinski definition) is 2. The van der Waals surface area contributed by atoms with Gasteiger partial charge in [0.2, 0.25) is 0 Å². The number of para-hydroxylation sites is 1. The van der Waals surface area contributed by atoms with Gasteiger partial charge in [0.15, 0.2) is 5.82 Å². The summed E-state index contributed by atoms with van der Waals surface area (Å²) in [5.41, 5.74) is 4.23. The molecule has 0 aliphatic carbocycles. The molecule has 0 bridgehead atoms. The van der Waals surface area contributed by atoms with Crippen molar-refractivity contribution in [3.05, 3.63) is 47.8 Å². The molecule has 0 atom stereocenters. The lowest BCUT2D eigenvalue weighted by Gasteiger charge is -2.04.